The normalized spacial score (nSPS) is 20.7. The van der Waals surface area contributed by atoms with E-state index in [1.165, 1.54) is 0 Å². The van der Waals surface area contributed by atoms with Gasteiger partial charge in [-0.25, -0.2) is 19.2 Å². The summed E-state index contributed by atoms with van der Waals surface area (Å²) >= 11 is 0. The fourth-order valence-corrected chi connectivity index (χ4v) is 1.77. The van der Waals surface area contributed by atoms with Gasteiger partial charge in [-0.2, -0.15) is 0 Å². The maximum absolute atomic E-state index is 11.3. The third kappa shape index (κ3) is 8.31. The molecule has 2 heterocycles. The van der Waals surface area contributed by atoms with E-state index in [4.69, 9.17) is 23.7 Å². The van der Waals surface area contributed by atoms with E-state index in [9.17, 15) is 19.2 Å². The molecule has 0 aliphatic carbocycles. The molecule has 0 amide bonds. The standard InChI is InChI=1S/C14H18O13/c15-11(22-5-9-7-24-13(17)26-9)20-3-1-19-2-4-21-12(16)23-6-10-8-25-14(18)27-10/h9-10H,1-8H2. The Bertz CT molecular complexity index is 487. The molecule has 0 spiro atoms. The van der Waals surface area contributed by atoms with Gasteiger partial charge in [0.2, 0.25) is 0 Å². The molecule has 2 rings (SSSR count). The van der Waals surface area contributed by atoms with E-state index in [0.717, 1.165) is 0 Å². The van der Waals surface area contributed by atoms with Crippen molar-refractivity contribution in [3.8, 4) is 0 Å². The minimum atomic E-state index is -0.946. The van der Waals surface area contributed by atoms with Crippen LogP contribution in [-0.4, -0.2) is 89.7 Å². The summed E-state index contributed by atoms with van der Waals surface area (Å²) in [6.07, 6.45) is -4.81. The lowest BCUT2D eigenvalue weighted by Gasteiger charge is -2.10. The Labute approximate surface area is 152 Å². The zero-order valence-electron chi connectivity index (χ0n) is 14.1. The van der Waals surface area contributed by atoms with Crippen molar-refractivity contribution >= 4 is 24.6 Å². The topological polar surface area (TPSA) is 151 Å². The molecule has 2 fully saturated rings. The van der Waals surface area contributed by atoms with Gasteiger partial charge in [0, 0.05) is 0 Å². The highest BCUT2D eigenvalue weighted by Gasteiger charge is 2.27. The largest absolute Gasteiger partial charge is 0.508 e. The van der Waals surface area contributed by atoms with Crippen molar-refractivity contribution in [2.24, 2.45) is 0 Å². The predicted octanol–water partition coefficient (Wildman–Crippen LogP) is 0.380. The average molecular weight is 394 g/mol. The molecule has 2 aliphatic heterocycles. The monoisotopic (exact) mass is 394 g/mol. The number of hydrogen-bond acceptors (Lipinski definition) is 13. The van der Waals surface area contributed by atoms with Gasteiger partial charge in [0.05, 0.1) is 13.2 Å². The van der Waals surface area contributed by atoms with E-state index in [1.54, 1.807) is 0 Å². The molecule has 0 aromatic rings. The summed E-state index contributed by atoms with van der Waals surface area (Å²) < 4.78 is 42.2. The molecule has 0 N–H and O–H groups in total. The van der Waals surface area contributed by atoms with Gasteiger partial charge in [0.1, 0.15) is 39.6 Å². The Hall–Kier alpha value is -2.96. The molecule has 2 saturated heterocycles. The summed E-state index contributed by atoms with van der Waals surface area (Å²) in [4.78, 5) is 43.8. The predicted molar refractivity (Wildman–Crippen MR) is 77.9 cm³/mol. The second-order valence-corrected chi connectivity index (χ2v) is 5.03. The van der Waals surface area contributed by atoms with Crippen LogP contribution >= 0.6 is 0 Å². The second kappa shape index (κ2) is 10.9. The Morgan fingerprint density at radius 1 is 0.741 bits per heavy atom. The molecule has 0 saturated carbocycles. The highest BCUT2D eigenvalue weighted by atomic mass is 16.8. The quantitative estimate of drug-likeness (QED) is 0.285. The van der Waals surface area contributed by atoms with Crippen LogP contribution in [0.15, 0.2) is 0 Å². The first kappa shape index (κ1) is 20.4. The fourth-order valence-electron chi connectivity index (χ4n) is 1.77. The van der Waals surface area contributed by atoms with Gasteiger partial charge in [-0.1, -0.05) is 0 Å². The Kier molecular flexibility index (Phi) is 8.22. The molecule has 0 radical (unpaired) electrons. The Balaban J connectivity index is 1.36. The van der Waals surface area contributed by atoms with E-state index in [-0.39, 0.29) is 52.9 Å². The summed E-state index contributed by atoms with van der Waals surface area (Å²) in [5, 5.41) is 0. The summed E-state index contributed by atoms with van der Waals surface area (Å²) in [5.74, 6) is 0. The molecule has 27 heavy (non-hydrogen) atoms. The first-order valence-electron chi connectivity index (χ1n) is 7.86. The van der Waals surface area contributed by atoms with Crippen molar-refractivity contribution in [3.63, 3.8) is 0 Å². The number of cyclic esters (lactones) is 4. The number of rotatable bonds is 10. The zero-order chi connectivity index (χ0) is 19.5. The number of hydrogen-bond donors (Lipinski definition) is 0. The maximum atomic E-state index is 11.3. The molecule has 0 aromatic heterocycles. The summed E-state index contributed by atoms with van der Waals surface area (Å²) in [7, 11) is 0. The van der Waals surface area contributed by atoms with E-state index in [1.807, 2.05) is 0 Å². The highest BCUT2D eigenvalue weighted by molar-refractivity contribution is 5.63. The van der Waals surface area contributed by atoms with Crippen LogP contribution in [0.25, 0.3) is 0 Å². The molecule has 13 heteroatoms. The molecular weight excluding hydrogens is 376 g/mol. The number of ether oxygens (including phenoxy) is 9. The van der Waals surface area contributed by atoms with Crippen LogP contribution in [0.2, 0.25) is 0 Å². The lowest BCUT2D eigenvalue weighted by molar-refractivity contribution is -0.00734. The first-order chi connectivity index (χ1) is 13.0. The molecule has 2 aliphatic rings. The van der Waals surface area contributed by atoms with Crippen molar-refractivity contribution in [1.29, 1.82) is 0 Å². The molecule has 13 nitrogen and oxygen atoms in total. The Morgan fingerprint density at radius 2 is 1.19 bits per heavy atom. The van der Waals surface area contributed by atoms with Crippen LogP contribution in [0, 0.1) is 0 Å². The Morgan fingerprint density at radius 3 is 1.56 bits per heavy atom. The van der Waals surface area contributed by atoms with Crippen LogP contribution < -0.4 is 0 Å². The van der Waals surface area contributed by atoms with Gasteiger partial charge < -0.3 is 42.6 Å². The lowest BCUT2D eigenvalue weighted by atomic mass is 10.4. The van der Waals surface area contributed by atoms with Gasteiger partial charge in [-0.3, -0.25) is 0 Å². The van der Waals surface area contributed by atoms with Gasteiger partial charge in [-0.15, -0.1) is 0 Å². The van der Waals surface area contributed by atoms with Crippen molar-refractivity contribution in [1.82, 2.24) is 0 Å². The second-order valence-electron chi connectivity index (χ2n) is 5.03. The lowest BCUT2D eigenvalue weighted by Crippen LogP contribution is -2.23. The fraction of sp³-hybridized carbons (Fsp3) is 0.714. The van der Waals surface area contributed by atoms with Crippen molar-refractivity contribution in [3.05, 3.63) is 0 Å². The molecular formula is C14H18O13. The van der Waals surface area contributed by atoms with Crippen molar-refractivity contribution in [2.75, 3.05) is 52.9 Å². The van der Waals surface area contributed by atoms with Crippen LogP contribution in [0.4, 0.5) is 19.2 Å². The smallest absolute Gasteiger partial charge is 0.432 e. The first-order valence-corrected chi connectivity index (χ1v) is 7.86. The van der Waals surface area contributed by atoms with E-state index in [2.05, 4.69) is 18.9 Å². The molecule has 2 atom stereocenters. The third-order valence-electron chi connectivity index (χ3n) is 2.97. The van der Waals surface area contributed by atoms with Crippen LogP contribution in [0.1, 0.15) is 0 Å². The molecule has 2 unspecified atom stereocenters. The van der Waals surface area contributed by atoms with Crippen LogP contribution in [0.3, 0.4) is 0 Å². The maximum Gasteiger partial charge on any atom is 0.508 e. The summed E-state index contributed by atoms with van der Waals surface area (Å²) in [5.41, 5.74) is 0. The summed E-state index contributed by atoms with van der Waals surface area (Å²) in [6, 6.07) is 0. The molecule has 0 bridgehead atoms. The van der Waals surface area contributed by atoms with E-state index in [0.29, 0.717) is 0 Å². The van der Waals surface area contributed by atoms with E-state index < -0.39 is 36.8 Å². The zero-order valence-corrected chi connectivity index (χ0v) is 14.1. The average Bonchev–Trinajstić information content (AvgIpc) is 3.25. The minimum Gasteiger partial charge on any atom is -0.432 e. The third-order valence-corrected chi connectivity index (χ3v) is 2.97. The van der Waals surface area contributed by atoms with Gasteiger partial charge >= 0.3 is 24.6 Å². The van der Waals surface area contributed by atoms with Gasteiger partial charge in [0.25, 0.3) is 0 Å². The SMILES string of the molecule is O=C(OCCOCCOC(=O)OCC1COC(=O)O1)OCC1COC(=O)O1. The molecule has 152 valence electrons. The van der Waals surface area contributed by atoms with Gasteiger partial charge in [0.15, 0.2) is 12.2 Å². The number of carbonyl (C=O) groups is 4. The number of carbonyl (C=O) groups excluding carboxylic acids is 4. The minimum absolute atomic E-state index is 0.0112. The van der Waals surface area contributed by atoms with E-state index >= 15 is 0 Å². The van der Waals surface area contributed by atoms with Crippen LogP contribution in [-0.2, 0) is 42.6 Å². The van der Waals surface area contributed by atoms with Gasteiger partial charge in [-0.05, 0) is 0 Å². The van der Waals surface area contributed by atoms with Crippen molar-refractivity contribution < 1.29 is 61.8 Å². The molecule has 0 aromatic carbocycles. The highest BCUT2D eigenvalue weighted by Crippen LogP contribution is 2.07. The van der Waals surface area contributed by atoms with Crippen LogP contribution in [0.5, 0.6) is 0 Å². The van der Waals surface area contributed by atoms with Crippen molar-refractivity contribution in [2.45, 2.75) is 12.2 Å². The summed E-state index contributed by atoms with van der Waals surface area (Å²) in [6.45, 7) is -0.404.